The first-order valence-corrected chi connectivity index (χ1v) is 10.6. The Morgan fingerprint density at radius 1 is 0.875 bits per heavy atom. The lowest BCUT2D eigenvalue weighted by Gasteiger charge is -2.16. The van der Waals surface area contributed by atoms with Gasteiger partial charge in [-0.1, -0.05) is 59.6 Å². The molecule has 0 atom stereocenters. The van der Waals surface area contributed by atoms with E-state index in [1.165, 1.54) is 4.90 Å². The maximum Gasteiger partial charge on any atom is 0.278 e. The number of imide groups is 1. The van der Waals surface area contributed by atoms with Crippen molar-refractivity contribution >= 4 is 34.7 Å². The fraction of sp³-hybridized carbons (Fsp3) is 0.154. The number of methoxy groups -OCH3 is 1. The first-order chi connectivity index (χ1) is 15.4. The van der Waals surface area contributed by atoms with Gasteiger partial charge >= 0.3 is 0 Å². The molecule has 1 N–H and O–H groups in total. The third-order valence-electron chi connectivity index (χ3n) is 5.38. The summed E-state index contributed by atoms with van der Waals surface area (Å²) in [6.45, 7) is 4.13. The van der Waals surface area contributed by atoms with Crippen LogP contribution in [0.15, 0.2) is 72.4 Å². The van der Waals surface area contributed by atoms with Gasteiger partial charge in [-0.15, -0.1) is 0 Å². The van der Waals surface area contributed by atoms with E-state index in [-0.39, 0.29) is 24.1 Å². The van der Waals surface area contributed by atoms with Crippen LogP contribution in [0.3, 0.4) is 0 Å². The number of benzene rings is 3. The number of rotatable bonds is 6. The maximum absolute atomic E-state index is 13.4. The minimum atomic E-state index is -0.385. The molecule has 3 aromatic rings. The van der Waals surface area contributed by atoms with E-state index in [0.29, 0.717) is 27.6 Å². The average Bonchev–Trinajstić information content (AvgIpc) is 3.00. The van der Waals surface area contributed by atoms with Crippen molar-refractivity contribution in [1.29, 1.82) is 0 Å². The Morgan fingerprint density at radius 2 is 1.53 bits per heavy atom. The van der Waals surface area contributed by atoms with Crippen molar-refractivity contribution in [3.8, 4) is 5.75 Å². The van der Waals surface area contributed by atoms with Crippen molar-refractivity contribution < 1.29 is 14.3 Å². The molecular formula is C26H23ClN2O3. The number of aryl methyl sites for hydroxylation is 2. The van der Waals surface area contributed by atoms with Crippen LogP contribution in [0.5, 0.6) is 5.75 Å². The van der Waals surface area contributed by atoms with Gasteiger partial charge in [0.25, 0.3) is 11.8 Å². The van der Waals surface area contributed by atoms with Crippen LogP contribution >= 0.6 is 11.6 Å². The number of hydrogen-bond donors (Lipinski definition) is 1. The number of halogens is 1. The zero-order chi connectivity index (χ0) is 22.8. The monoisotopic (exact) mass is 446 g/mol. The molecule has 1 aliphatic heterocycles. The van der Waals surface area contributed by atoms with Crippen molar-refractivity contribution in [1.82, 2.24) is 4.90 Å². The lowest BCUT2D eigenvalue weighted by Crippen LogP contribution is -2.32. The Bertz CT molecular complexity index is 1210. The second kappa shape index (κ2) is 8.89. The largest absolute Gasteiger partial charge is 0.495 e. The number of carbonyl (C=O) groups excluding carboxylic acids is 2. The third-order valence-corrected chi connectivity index (χ3v) is 5.63. The number of amides is 2. The highest BCUT2D eigenvalue weighted by atomic mass is 35.5. The number of carbonyl (C=O) groups is 2. The maximum atomic E-state index is 13.4. The Morgan fingerprint density at radius 3 is 2.19 bits per heavy atom. The molecule has 0 spiro atoms. The smallest absolute Gasteiger partial charge is 0.278 e. The van der Waals surface area contributed by atoms with Gasteiger partial charge in [0.1, 0.15) is 11.4 Å². The Labute approximate surface area is 192 Å². The molecule has 0 aliphatic carbocycles. The summed E-state index contributed by atoms with van der Waals surface area (Å²) in [7, 11) is 1.57. The van der Waals surface area contributed by atoms with Crippen LogP contribution in [0, 0.1) is 13.8 Å². The standard InChI is InChI=1S/C26H23ClN2O3/c1-16-4-7-18(8-5-16)15-29-25(30)23(19-9-11-20(27)12-10-19)24(26(29)31)28-21-14-17(2)6-13-22(21)32-3/h4-14,28H,15H2,1-3H3. The van der Waals surface area contributed by atoms with Crippen LogP contribution in [0.25, 0.3) is 5.57 Å². The summed E-state index contributed by atoms with van der Waals surface area (Å²) >= 11 is 6.04. The highest BCUT2D eigenvalue weighted by molar-refractivity contribution is 6.36. The first kappa shape index (κ1) is 21.7. The van der Waals surface area contributed by atoms with Crippen LogP contribution in [0.2, 0.25) is 5.02 Å². The van der Waals surface area contributed by atoms with E-state index in [2.05, 4.69) is 5.32 Å². The van der Waals surface area contributed by atoms with Crippen molar-refractivity contribution in [2.24, 2.45) is 0 Å². The summed E-state index contributed by atoms with van der Waals surface area (Å²) in [5.41, 5.74) is 4.75. The van der Waals surface area contributed by atoms with Crippen LogP contribution in [-0.4, -0.2) is 23.8 Å². The van der Waals surface area contributed by atoms with Gasteiger partial charge in [-0.25, -0.2) is 0 Å². The fourth-order valence-corrected chi connectivity index (χ4v) is 3.78. The Kier molecular flexibility index (Phi) is 6.01. The zero-order valence-electron chi connectivity index (χ0n) is 18.1. The summed E-state index contributed by atoms with van der Waals surface area (Å²) in [6, 6.07) is 20.3. The average molecular weight is 447 g/mol. The Hall–Kier alpha value is -3.57. The number of hydrogen-bond acceptors (Lipinski definition) is 4. The third kappa shape index (κ3) is 4.25. The first-order valence-electron chi connectivity index (χ1n) is 10.2. The lowest BCUT2D eigenvalue weighted by atomic mass is 10.0. The van der Waals surface area contributed by atoms with Gasteiger partial charge in [-0.05, 0) is 54.8 Å². The summed E-state index contributed by atoms with van der Waals surface area (Å²) < 4.78 is 5.45. The molecule has 1 heterocycles. The van der Waals surface area contributed by atoms with Crippen molar-refractivity contribution in [2.45, 2.75) is 20.4 Å². The highest BCUT2D eigenvalue weighted by Gasteiger charge is 2.39. The van der Waals surface area contributed by atoms with E-state index < -0.39 is 0 Å². The van der Waals surface area contributed by atoms with Crippen molar-refractivity contribution in [3.63, 3.8) is 0 Å². The summed E-state index contributed by atoms with van der Waals surface area (Å²) in [5, 5.41) is 3.73. The van der Waals surface area contributed by atoms with E-state index in [1.807, 2.05) is 56.3 Å². The normalized spacial score (nSPS) is 13.7. The molecule has 3 aromatic carbocycles. The van der Waals surface area contributed by atoms with E-state index in [0.717, 1.165) is 16.7 Å². The highest BCUT2D eigenvalue weighted by Crippen LogP contribution is 2.34. The topological polar surface area (TPSA) is 58.6 Å². The summed E-state index contributed by atoms with van der Waals surface area (Å²) in [4.78, 5) is 28.1. The van der Waals surface area contributed by atoms with Crippen molar-refractivity contribution in [3.05, 3.63) is 99.7 Å². The fourth-order valence-electron chi connectivity index (χ4n) is 3.65. The minimum Gasteiger partial charge on any atom is -0.495 e. The molecule has 0 fully saturated rings. The quantitative estimate of drug-likeness (QED) is 0.518. The molecule has 0 saturated carbocycles. The van der Waals surface area contributed by atoms with Gasteiger partial charge in [0.05, 0.1) is 24.9 Å². The van der Waals surface area contributed by atoms with Gasteiger partial charge in [-0.3, -0.25) is 14.5 Å². The zero-order valence-corrected chi connectivity index (χ0v) is 18.9. The predicted octanol–water partition coefficient (Wildman–Crippen LogP) is 5.36. The predicted molar refractivity (Wildman–Crippen MR) is 126 cm³/mol. The molecule has 0 aromatic heterocycles. The van der Waals surface area contributed by atoms with Gasteiger partial charge in [0.15, 0.2) is 0 Å². The molecule has 6 heteroatoms. The van der Waals surface area contributed by atoms with Crippen LogP contribution in [0.1, 0.15) is 22.3 Å². The number of ether oxygens (including phenoxy) is 1. The van der Waals surface area contributed by atoms with Crippen LogP contribution in [-0.2, 0) is 16.1 Å². The Balaban J connectivity index is 1.77. The van der Waals surface area contributed by atoms with E-state index in [4.69, 9.17) is 16.3 Å². The molecule has 0 saturated heterocycles. The second-order valence-corrected chi connectivity index (χ2v) is 8.20. The van der Waals surface area contributed by atoms with E-state index in [9.17, 15) is 9.59 Å². The molecule has 162 valence electrons. The number of anilines is 1. The molecule has 0 unspecified atom stereocenters. The molecule has 0 radical (unpaired) electrons. The second-order valence-electron chi connectivity index (χ2n) is 7.77. The summed E-state index contributed by atoms with van der Waals surface area (Å²) in [6.07, 6.45) is 0. The molecule has 0 bridgehead atoms. The van der Waals surface area contributed by atoms with Crippen LogP contribution in [0.4, 0.5) is 5.69 Å². The molecule has 2 amide bonds. The van der Waals surface area contributed by atoms with Gasteiger partial charge in [-0.2, -0.15) is 0 Å². The SMILES string of the molecule is COc1ccc(C)cc1NC1=C(c2ccc(Cl)cc2)C(=O)N(Cc2ccc(C)cc2)C1=O. The van der Waals surface area contributed by atoms with Gasteiger partial charge in [0, 0.05) is 5.02 Å². The molecular weight excluding hydrogens is 424 g/mol. The van der Waals surface area contributed by atoms with E-state index in [1.54, 1.807) is 31.4 Å². The molecule has 4 rings (SSSR count). The van der Waals surface area contributed by atoms with Crippen molar-refractivity contribution in [2.75, 3.05) is 12.4 Å². The minimum absolute atomic E-state index is 0.186. The van der Waals surface area contributed by atoms with Gasteiger partial charge in [0.2, 0.25) is 0 Å². The molecule has 32 heavy (non-hydrogen) atoms. The van der Waals surface area contributed by atoms with Crippen LogP contribution < -0.4 is 10.1 Å². The number of nitrogens with one attached hydrogen (secondary N) is 1. The molecule has 1 aliphatic rings. The molecule has 5 nitrogen and oxygen atoms in total. The van der Waals surface area contributed by atoms with E-state index >= 15 is 0 Å². The number of nitrogens with zero attached hydrogens (tertiary/aromatic N) is 1. The lowest BCUT2D eigenvalue weighted by molar-refractivity contribution is -0.137. The summed E-state index contributed by atoms with van der Waals surface area (Å²) in [5.74, 6) is -0.160. The van der Waals surface area contributed by atoms with Gasteiger partial charge < -0.3 is 10.1 Å².